The second kappa shape index (κ2) is 3.46. The standard InChI is InChI=1S/C10H13NO2/c12-10(13)9-5-7-3-1-2-4-8(7)6-11-9/h1-4,9-13H,5-6H2/t9-/m1/s1. The molecule has 1 aliphatic rings. The van der Waals surface area contributed by atoms with Gasteiger partial charge in [0.05, 0.1) is 6.04 Å². The summed E-state index contributed by atoms with van der Waals surface area (Å²) in [7, 11) is 0. The minimum Gasteiger partial charge on any atom is -0.367 e. The van der Waals surface area contributed by atoms with Gasteiger partial charge in [-0.25, -0.2) is 0 Å². The van der Waals surface area contributed by atoms with E-state index in [4.69, 9.17) is 10.2 Å². The van der Waals surface area contributed by atoms with Crippen LogP contribution in [0.2, 0.25) is 0 Å². The molecule has 0 unspecified atom stereocenters. The summed E-state index contributed by atoms with van der Waals surface area (Å²) in [6.45, 7) is 0.721. The first-order valence-electron chi connectivity index (χ1n) is 4.43. The SMILES string of the molecule is OC(O)[C@H]1Cc2ccccc2CN1. The lowest BCUT2D eigenvalue weighted by molar-refractivity contribution is -0.0685. The van der Waals surface area contributed by atoms with E-state index in [2.05, 4.69) is 11.4 Å². The largest absolute Gasteiger partial charge is 0.367 e. The first-order valence-corrected chi connectivity index (χ1v) is 4.43. The molecule has 1 aromatic rings. The maximum Gasteiger partial charge on any atom is 0.167 e. The van der Waals surface area contributed by atoms with Crippen molar-refractivity contribution in [2.75, 3.05) is 0 Å². The minimum atomic E-state index is -1.27. The molecule has 0 amide bonds. The highest BCUT2D eigenvalue weighted by molar-refractivity contribution is 5.29. The Morgan fingerprint density at radius 1 is 1.23 bits per heavy atom. The predicted molar refractivity (Wildman–Crippen MR) is 49.0 cm³/mol. The number of fused-ring (bicyclic) bond motifs is 1. The number of hydrogen-bond acceptors (Lipinski definition) is 3. The Morgan fingerprint density at radius 2 is 1.92 bits per heavy atom. The van der Waals surface area contributed by atoms with Crippen LogP contribution in [0, 0.1) is 0 Å². The van der Waals surface area contributed by atoms with Gasteiger partial charge in [-0.1, -0.05) is 24.3 Å². The molecule has 1 atom stereocenters. The maximum absolute atomic E-state index is 9.00. The Hall–Kier alpha value is -0.900. The zero-order valence-electron chi connectivity index (χ0n) is 7.27. The summed E-state index contributed by atoms with van der Waals surface area (Å²) in [6, 6.07) is 7.84. The van der Waals surface area contributed by atoms with Gasteiger partial charge in [0, 0.05) is 6.54 Å². The lowest BCUT2D eigenvalue weighted by Crippen LogP contribution is -2.44. The first kappa shape index (κ1) is 8.69. The molecule has 1 heterocycles. The number of benzene rings is 1. The molecule has 0 spiro atoms. The number of rotatable bonds is 1. The topological polar surface area (TPSA) is 52.5 Å². The van der Waals surface area contributed by atoms with Crippen LogP contribution in [-0.2, 0) is 13.0 Å². The number of aliphatic hydroxyl groups excluding tert-OH is 1. The molecule has 0 radical (unpaired) electrons. The van der Waals surface area contributed by atoms with Crippen LogP contribution in [0.3, 0.4) is 0 Å². The Labute approximate surface area is 77.0 Å². The summed E-state index contributed by atoms with van der Waals surface area (Å²) in [6.07, 6.45) is -0.582. The van der Waals surface area contributed by atoms with E-state index in [0.717, 1.165) is 6.54 Å². The van der Waals surface area contributed by atoms with E-state index in [1.54, 1.807) is 0 Å². The van der Waals surface area contributed by atoms with Crippen LogP contribution in [0.1, 0.15) is 11.1 Å². The van der Waals surface area contributed by atoms with E-state index < -0.39 is 6.29 Å². The van der Waals surface area contributed by atoms with Gasteiger partial charge in [0.1, 0.15) is 0 Å². The maximum atomic E-state index is 9.00. The second-order valence-electron chi connectivity index (χ2n) is 3.37. The van der Waals surface area contributed by atoms with Crippen molar-refractivity contribution in [3.8, 4) is 0 Å². The van der Waals surface area contributed by atoms with Crippen molar-refractivity contribution >= 4 is 0 Å². The van der Waals surface area contributed by atoms with Crippen LogP contribution in [0.4, 0.5) is 0 Å². The van der Waals surface area contributed by atoms with Gasteiger partial charge in [-0.2, -0.15) is 0 Å². The van der Waals surface area contributed by atoms with E-state index in [1.807, 2.05) is 18.2 Å². The van der Waals surface area contributed by atoms with Crippen LogP contribution in [0.5, 0.6) is 0 Å². The zero-order valence-corrected chi connectivity index (χ0v) is 7.27. The Morgan fingerprint density at radius 3 is 2.62 bits per heavy atom. The molecule has 3 nitrogen and oxygen atoms in total. The molecule has 0 saturated carbocycles. The molecule has 0 saturated heterocycles. The summed E-state index contributed by atoms with van der Waals surface area (Å²) in [5.74, 6) is 0. The van der Waals surface area contributed by atoms with Crippen molar-refractivity contribution in [3.63, 3.8) is 0 Å². The van der Waals surface area contributed by atoms with Gasteiger partial charge in [0.25, 0.3) is 0 Å². The highest BCUT2D eigenvalue weighted by atomic mass is 16.5. The molecule has 3 N–H and O–H groups in total. The summed E-state index contributed by atoms with van der Waals surface area (Å²) in [5, 5.41) is 21.1. The summed E-state index contributed by atoms with van der Waals surface area (Å²) >= 11 is 0. The Bertz CT molecular complexity index is 299. The Balaban J connectivity index is 2.20. The summed E-state index contributed by atoms with van der Waals surface area (Å²) in [4.78, 5) is 0. The molecule has 1 aliphatic heterocycles. The molecule has 1 aromatic carbocycles. The van der Waals surface area contributed by atoms with E-state index in [0.29, 0.717) is 6.42 Å². The molecular weight excluding hydrogens is 166 g/mol. The number of hydrogen-bond donors (Lipinski definition) is 3. The molecule has 0 bridgehead atoms. The highest BCUT2D eigenvalue weighted by Gasteiger charge is 2.21. The second-order valence-corrected chi connectivity index (χ2v) is 3.37. The molecule has 3 heteroatoms. The van der Waals surface area contributed by atoms with Gasteiger partial charge in [0.2, 0.25) is 0 Å². The van der Waals surface area contributed by atoms with Crippen LogP contribution < -0.4 is 5.32 Å². The van der Waals surface area contributed by atoms with E-state index in [1.165, 1.54) is 11.1 Å². The van der Waals surface area contributed by atoms with Gasteiger partial charge in [-0.3, -0.25) is 0 Å². The summed E-state index contributed by atoms with van der Waals surface area (Å²) < 4.78 is 0. The van der Waals surface area contributed by atoms with Crippen molar-refractivity contribution in [1.82, 2.24) is 5.32 Å². The summed E-state index contributed by atoms with van der Waals surface area (Å²) in [5.41, 5.74) is 2.46. The number of nitrogens with one attached hydrogen (secondary N) is 1. The van der Waals surface area contributed by atoms with Crippen molar-refractivity contribution in [2.24, 2.45) is 0 Å². The normalized spacial score (nSPS) is 21.6. The van der Waals surface area contributed by atoms with E-state index in [-0.39, 0.29) is 6.04 Å². The predicted octanol–water partition coefficient (Wildman–Crippen LogP) is 0.0116. The van der Waals surface area contributed by atoms with E-state index in [9.17, 15) is 0 Å². The fourth-order valence-corrected chi connectivity index (χ4v) is 1.69. The lowest BCUT2D eigenvalue weighted by Gasteiger charge is -2.27. The van der Waals surface area contributed by atoms with Gasteiger partial charge in [-0.15, -0.1) is 0 Å². The van der Waals surface area contributed by atoms with Crippen molar-refractivity contribution in [3.05, 3.63) is 35.4 Å². The molecular formula is C10H13NO2. The fraction of sp³-hybridized carbons (Fsp3) is 0.400. The first-order chi connectivity index (χ1) is 6.27. The third-order valence-corrected chi connectivity index (χ3v) is 2.47. The van der Waals surface area contributed by atoms with Crippen LogP contribution in [0.25, 0.3) is 0 Å². The highest BCUT2D eigenvalue weighted by Crippen LogP contribution is 2.16. The Kier molecular flexibility index (Phi) is 2.31. The molecule has 13 heavy (non-hydrogen) atoms. The average Bonchev–Trinajstić information content (AvgIpc) is 2.17. The monoisotopic (exact) mass is 179 g/mol. The molecule has 0 aliphatic carbocycles. The third-order valence-electron chi connectivity index (χ3n) is 2.47. The molecule has 0 fully saturated rings. The van der Waals surface area contributed by atoms with Gasteiger partial charge < -0.3 is 15.5 Å². The number of aliphatic hydroxyl groups is 2. The fourth-order valence-electron chi connectivity index (χ4n) is 1.69. The lowest BCUT2D eigenvalue weighted by atomic mass is 9.96. The average molecular weight is 179 g/mol. The van der Waals surface area contributed by atoms with Gasteiger partial charge in [-0.05, 0) is 17.5 Å². The molecule has 0 aromatic heterocycles. The van der Waals surface area contributed by atoms with Crippen LogP contribution in [0.15, 0.2) is 24.3 Å². The quantitative estimate of drug-likeness (QED) is 0.532. The minimum absolute atomic E-state index is 0.227. The molecule has 70 valence electrons. The van der Waals surface area contributed by atoms with E-state index >= 15 is 0 Å². The van der Waals surface area contributed by atoms with Crippen molar-refractivity contribution < 1.29 is 10.2 Å². The third kappa shape index (κ3) is 1.72. The van der Waals surface area contributed by atoms with Crippen LogP contribution >= 0.6 is 0 Å². The smallest absolute Gasteiger partial charge is 0.167 e. The van der Waals surface area contributed by atoms with Crippen LogP contribution in [-0.4, -0.2) is 22.5 Å². The zero-order chi connectivity index (χ0) is 9.26. The van der Waals surface area contributed by atoms with Gasteiger partial charge in [0.15, 0.2) is 6.29 Å². The molecule has 2 rings (SSSR count). The van der Waals surface area contributed by atoms with Gasteiger partial charge >= 0.3 is 0 Å². The van der Waals surface area contributed by atoms with Crippen molar-refractivity contribution in [1.29, 1.82) is 0 Å². The van der Waals surface area contributed by atoms with Crippen molar-refractivity contribution in [2.45, 2.75) is 25.3 Å².